The lowest BCUT2D eigenvalue weighted by Crippen LogP contribution is -2.23. The van der Waals surface area contributed by atoms with Gasteiger partial charge >= 0.3 is 0 Å². The fourth-order valence-corrected chi connectivity index (χ4v) is 4.24. The van der Waals surface area contributed by atoms with Crippen molar-refractivity contribution in [3.8, 4) is 0 Å². The molecule has 0 amide bonds. The van der Waals surface area contributed by atoms with E-state index >= 15 is 0 Å². The second kappa shape index (κ2) is 4.83. The molecule has 2 N–H and O–H groups in total. The highest BCUT2D eigenvalue weighted by molar-refractivity contribution is 7.89. The number of aromatic amines is 1. The van der Waals surface area contributed by atoms with Crippen molar-refractivity contribution in [1.29, 1.82) is 0 Å². The predicted octanol–water partition coefficient (Wildman–Crippen LogP) is 1.87. The molecule has 2 aromatic heterocycles. The molecule has 98 valence electrons. The molecule has 5 nitrogen and oxygen atoms in total. The number of thiophene rings is 1. The van der Waals surface area contributed by atoms with E-state index in [0.29, 0.717) is 4.90 Å². The molecule has 2 heterocycles. The molecule has 18 heavy (non-hydrogen) atoms. The number of nitrogens with zero attached hydrogens (tertiary/aromatic N) is 1. The Bertz CT molecular complexity index is 656. The van der Waals surface area contributed by atoms with Crippen LogP contribution in [0.2, 0.25) is 0 Å². The van der Waals surface area contributed by atoms with Gasteiger partial charge in [-0.2, -0.15) is 5.10 Å². The highest BCUT2D eigenvalue weighted by Crippen LogP contribution is 2.24. The van der Waals surface area contributed by atoms with E-state index in [1.807, 2.05) is 20.8 Å². The lowest BCUT2D eigenvalue weighted by molar-refractivity contribution is 0.581. The number of H-pyrrole nitrogens is 1. The average molecular weight is 285 g/mol. The van der Waals surface area contributed by atoms with E-state index in [-0.39, 0.29) is 6.54 Å². The van der Waals surface area contributed by atoms with Crippen molar-refractivity contribution >= 4 is 21.4 Å². The molecule has 2 rings (SSSR count). The summed E-state index contributed by atoms with van der Waals surface area (Å²) in [6.07, 6.45) is 1.63. The van der Waals surface area contributed by atoms with Gasteiger partial charge in [-0.15, -0.1) is 11.3 Å². The Balaban J connectivity index is 2.18. The van der Waals surface area contributed by atoms with Crippen LogP contribution >= 0.6 is 11.3 Å². The zero-order chi connectivity index (χ0) is 13.3. The van der Waals surface area contributed by atoms with Crippen molar-refractivity contribution in [3.63, 3.8) is 0 Å². The molecule has 0 aliphatic heterocycles. The molecule has 0 atom stereocenters. The van der Waals surface area contributed by atoms with Crippen LogP contribution in [0.1, 0.15) is 21.0 Å². The van der Waals surface area contributed by atoms with Gasteiger partial charge in [-0.1, -0.05) is 0 Å². The van der Waals surface area contributed by atoms with Crippen molar-refractivity contribution < 1.29 is 8.42 Å². The maximum atomic E-state index is 12.1. The van der Waals surface area contributed by atoms with E-state index < -0.39 is 10.0 Å². The summed E-state index contributed by atoms with van der Waals surface area (Å²) < 4.78 is 26.9. The van der Waals surface area contributed by atoms with Gasteiger partial charge in [0, 0.05) is 27.6 Å². The SMILES string of the molecule is Cc1cc(S(=O)(=O)NCc2cn[nH]c2C)c(C)s1. The summed E-state index contributed by atoms with van der Waals surface area (Å²) in [5.74, 6) is 0. The molecule has 0 bridgehead atoms. The minimum Gasteiger partial charge on any atom is -0.283 e. The quantitative estimate of drug-likeness (QED) is 0.900. The third kappa shape index (κ3) is 2.63. The van der Waals surface area contributed by atoms with E-state index in [4.69, 9.17) is 0 Å². The lowest BCUT2D eigenvalue weighted by atomic mass is 10.3. The third-order valence-corrected chi connectivity index (χ3v) is 5.29. The van der Waals surface area contributed by atoms with E-state index in [9.17, 15) is 8.42 Å². The number of sulfonamides is 1. The van der Waals surface area contributed by atoms with Crippen molar-refractivity contribution in [2.45, 2.75) is 32.2 Å². The van der Waals surface area contributed by atoms with Gasteiger partial charge in [0.1, 0.15) is 0 Å². The zero-order valence-corrected chi connectivity index (χ0v) is 12.1. The van der Waals surface area contributed by atoms with Gasteiger partial charge < -0.3 is 0 Å². The molecular formula is C11H15N3O2S2. The molecule has 0 aliphatic carbocycles. The first-order valence-corrected chi connectivity index (χ1v) is 7.75. The van der Waals surface area contributed by atoms with E-state index in [0.717, 1.165) is 21.0 Å². The summed E-state index contributed by atoms with van der Waals surface area (Å²) in [7, 11) is -3.44. The largest absolute Gasteiger partial charge is 0.283 e. The number of hydrogen-bond acceptors (Lipinski definition) is 4. The third-order valence-electron chi connectivity index (χ3n) is 2.67. The Labute approximate surface area is 110 Å². The zero-order valence-electron chi connectivity index (χ0n) is 10.4. The molecule has 0 aromatic carbocycles. The second-order valence-corrected chi connectivity index (χ2v) is 7.32. The fourth-order valence-electron chi connectivity index (χ4n) is 1.68. The molecule has 0 unspecified atom stereocenters. The average Bonchev–Trinajstić information content (AvgIpc) is 2.82. The highest BCUT2D eigenvalue weighted by Gasteiger charge is 2.19. The van der Waals surface area contributed by atoms with Crippen LogP contribution in [0.25, 0.3) is 0 Å². The Morgan fingerprint density at radius 1 is 1.39 bits per heavy atom. The minimum absolute atomic E-state index is 0.249. The molecule has 0 fully saturated rings. The Morgan fingerprint density at radius 3 is 2.61 bits per heavy atom. The van der Waals surface area contributed by atoms with Crippen LogP contribution in [0.15, 0.2) is 17.2 Å². The number of aryl methyl sites for hydroxylation is 3. The van der Waals surface area contributed by atoms with Crippen LogP contribution in [-0.2, 0) is 16.6 Å². The van der Waals surface area contributed by atoms with Gasteiger partial charge in [-0.3, -0.25) is 5.10 Å². The van der Waals surface area contributed by atoms with Crippen molar-refractivity contribution in [2.75, 3.05) is 0 Å². The van der Waals surface area contributed by atoms with Crippen LogP contribution in [0.3, 0.4) is 0 Å². The first kappa shape index (κ1) is 13.3. The molecular weight excluding hydrogens is 270 g/mol. The number of rotatable bonds is 4. The van der Waals surface area contributed by atoms with Gasteiger partial charge in [0.15, 0.2) is 0 Å². The number of nitrogens with one attached hydrogen (secondary N) is 2. The van der Waals surface area contributed by atoms with Crippen LogP contribution in [0.4, 0.5) is 0 Å². The number of aromatic nitrogens is 2. The van der Waals surface area contributed by atoms with Gasteiger partial charge in [-0.05, 0) is 26.8 Å². The van der Waals surface area contributed by atoms with Gasteiger partial charge in [-0.25, -0.2) is 13.1 Å². The number of hydrogen-bond donors (Lipinski definition) is 2. The van der Waals surface area contributed by atoms with Gasteiger partial charge in [0.25, 0.3) is 0 Å². The van der Waals surface area contributed by atoms with Crippen LogP contribution in [0, 0.1) is 20.8 Å². The monoisotopic (exact) mass is 285 g/mol. The lowest BCUT2D eigenvalue weighted by Gasteiger charge is -2.05. The highest BCUT2D eigenvalue weighted by atomic mass is 32.2. The topological polar surface area (TPSA) is 74.8 Å². The van der Waals surface area contributed by atoms with Crippen LogP contribution in [-0.4, -0.2) is 18.6 Å². The summed E-state index contributed by atoms with van der Waals surface area (Å²) in [5.41, 5.74) is 1.72. The molecule has 0 saturated carbocycles. The molecule has 2 aromatic rings. The maximum Gasteiger partial charge on any atom is 0.241 e. The van der Waals surface area contributed by atoms with E-state index in [1.54, 1.807) is 12.3 Å². The molecule has 0 aliphatic rings. The van der Waals surface area contributed by atoms with E-state index in [2.05, 4.69) is 14.9 Å². The summed E-state index contributed by atoms with van der Waals surface area (Å²) in [6, 6.07) is 1.70. The van der Waals surface area contributed by atoms with Crippen LogP contribution in [0.5, 0.6) is 0 Å². The van der Waals surface area contributed by atoms with Crippen molar-refractivity contribution in [1.82, 2.24) is 14.9 Å². The molecule has 0 radical (unpaired) electrons. The van der Waals surface area contributed by atoms with Crippen LogP contribution < -0.4 is 4.72 Å². The Hall–Kier alpha value is -1.18. The van der Waals surface area contributed by atoms with Crippen molar-refractivity contribution in [3.05, 3.63) is 33.3 Å². The van der Waals surface area contributed by atoms with Crippen molar-refractivity contribution in [2.24, 2.45) is 0 Å². The first-order valence-electron chi connectivity index (χ1n) is 5.45. The smallest absolute Gasteiger partial charge is 0.241 e. The maximum absolute atomic E-state index is 12.1. The molecule has 0 saturated heterocycles. The predicted molar refractivity (Wildman–Crippen MR) is 71.1 cm³/mol. The Kier molecular flexibility index (Phi) is 3.56. The normalized spacial score (nSPS) is 11.9. The van der Waals surface area contributed by atoms with Gasteiger partial charge in [0.2, 0.25) is 10.0 Å². The standard InChI is InChI=1S/C11H15N3O2S2/c1-7-4-11(9(3)17-7)18(15,16)13-6-10-5-12-14-8(10)2/h4-5,13H,6H2,1-3H3,(H,12,14). The molecule has 0 spiro atoms. The summed E-state index contributed by atoms with van der Waals surface area (Å²) in [5, 5.41) is 6.64. The summed E-state index contributed by atoms with van der Waals surface area (Å²) >= 11 is 1.48. The van der Waals surface area contributed by atoms with Gasteiger partial charge in [0.05, 0.1) is 11.1 Å². The first-order chi connectivity index (χ1) is 8.40. The summed E-state index contributed by atoms with van der Waals surface area (Å²) in [4.78, 5) is 2.17. The minimum atomic E-state index is -3.44. The summed E-state index contributed by atoms with van der Waals surface area (Å²) in [6.45, 7) is 5.82. The second-order valence-electron chi connectivity index (χ2n) is 4.12. The Morgan fingerprint density at radius 2 is 2.11 bits per heavy atom. The fraction of sp³-hybridized carbons (Fsp3) is 0.364. The molecule has 7 heteroatoms. The van der Waals surface area contributed by atoms with E-state index in [1.165, 1.54) is 11.3 Å².